The number of rotatable bonds is 7. The highest BCUT2D eigenvalue weighted by Crippen LogP contribution is 2.30. The Balaban J connectivity index is 1.94. The Bertz CT molecular complexity index is 545. The molecule has 1 amide bonds. The van der Waals surface area contributed by atoms with Gasteiger partial charge in [-0.15, -0.1) is 0 Å². The number of methoxy groups -OCH3 is 1. The van der Waals surface area contributed by atoms with Gasteiger partial charge >= 0.3 is 5.97 Å². The summed E-state index contributed by atoms with van der Waals surface area (Å²) in [4.78, 5) is 23.0. The number of carboxylic acid groups (broad SMARTS) is 1. The first-order valence-corrected chi connectivity index (χ1v) is 7.00. The number of aliphatic carboxylic acids is 1. The van der Waals surface area contributed by atoms with Crippen molar-refractivity contribution in [1.29, 1.82) is 0 Å². The SMILES string of the molecule is COCCC(NC(=O)Cc1ccc2c(c1)OCCO2)C(=O)O. The second kappa shape index (κ2) is 7.65. The van der Waals surface area contributed by atoms with E-state index in [2.05, 4.69) is 5.32 Å². The molecule has 1 atom stereocenters. The number of carboxylic acids is 1. The van der Waals surface area contributed by atoms with E-state index in [4.69, 9.17) is 19.3 Å². The van der Waals surface area contributed by atoms with Gasteiger partial charge in [0.05, 0.1) is 6.42 Å². The van der Waals surface area contributed by atoms with Crippen LogP contribution in [0.5, 0.6) is 11.5 Å². The van der Waals surface area contributed by atoms with Crippen LogP contribution in [0.2, 0.25) is 0 Å². The molecule has 1 aliphatic rings. The van der Waals surface area contributed by atoms with Crippen molar-refractivity contribution < 1.29 is 28.9 Å². The van der Waals surface area contributed by atoms with Crippen molar-refractivity contribution in [2.24, 2.45) is 0 Å². The van der Waals surface area contributed by atoms with E-state index in [1.807, 2.05) is 0 Å². The number of carbonyl (C=O) groups is 2. The fourth-order valence-corrected chi connectivity index (χ4v) is 2.12. The van der Waals surface area contributed by atoms with Gasteiger partial charge < -0.3 is 24.6 Å². The fraction of sp³-hybridized carbons (Fsp3) is 0.467. The highest BCUT2D eigenvalue weighted by molar-refractivity contribution is 5.84. The molecule has 0 bridgehead atoms. The highest BCUT2D eigenvalue weighted by Gasteiger charge is 2.20. The Morgan fingerprint density at radius 1 is 1.32 bits per heavy atom. The molecule has 0 aromatic heterocycles. The summed E-state index contributed by atoms with van der Waals surface area (Å²) >= 11 is 0. The van der Waals surface area contributed by atoms with Gasteiger partial charge in [0, 0.05) is 20.1 Å². The van der Waals surface area contributed by atoms with E-state index in [0.717, 1.165) is 5.56 Å². The van der Waals surface area contributed by atoms with Crippen molar-refractivity contribution in [3.8, 4) is 11.5 Å². The summed E-state index contributed by atoms with van der Waals surface area (Å²) in [5.74, 6) is -0.183. The zero-order valence-corrected chi connectivity index (χ0v) is 12.3. The van der Waals surface area contributed by atoms with Crippen molar-refractivity contribution >= 4 is 11.9 Å². The summed E-state index contributed by atoms with van der Waals surface area (Å²) in [5.41, 5.74) is 0.734. The molecule has 1 aliphatic heterocycles. The first-order valence-electron chi connectivity index (χ1n) is 7.00. The fourth-order valence-electron chi connectivity index (χ4n) is 2.12. The van der Waals surface area contributed by atoms with E-state index >= 15 is 0 Å². The van der Waals surface area contributed by atoms with Gasteiger partial charge in [0.15, 0.2) is 11.5 Å². The first kappa shape index (κ1) is 16.1. The van der Waals surface area contributed by atoms with Crippen LogP contribution in [0.15, 0.2) is 18.2 Å². The smallest absolute Gasteiger partial charge is 0.326 e. The quantitative estimate of drug-likeness (QED) is 0.766. The lowest BCUT2D eigenvalue weighted by Crippen LogP contribution is -2.42. The number of fused-ring (bicyclic) bond motifs is 1. The van der Waals surface area contributed by atoms with Crippen LogP contribution in [-0.4, -0.2) is 50.0 Å². The van der Waals surface area contributed by atoms with Crippen LogP contribution < -0.4 is 14.8 Å². The molecule has 7 heteroatoms. The monoisotopic (exact) mass is 309 g/mol. The molecule has 0 radical (unpaired) electrons. The molecule has 1 unspecified atom stereocenters. The van der Waals surface area contributed by atoms with Gasteiger partial charge in [0.2, 0.25) is 5.91 Å². The van der Waals surface area contributed by atoms with Crippen LogP contribution in [0, 0.1) is 0 Å². The zero-order valence-electron chi connectivity index (χ0n) is 12.3. The summed E-state index contributed by atoms with van der Waals surface area (Å²) in [6.07, 6.45) is 0.298. The van der Waals surface area contributed by atoms with Gasteiger partial charge in [0.25, 0.3) is 0 Å². The van der Waals surface area contributed by atoms with Gasteiger partial charge in [-0.1, -0.05) is 6.07 Å². The largest absolute Gasteiger partial charge is 0.486 e. The highest BCUT2D eigenvalue weighted by atomic mass is 16.6. The number of benzene rings is 1. The van der Waals surface area contributed by atoms with Crippen molar-refractivity contribution in [2.45, 2.75) is 18.9 Å². The van der Waals surface area contributed by atoms with Crippen molar-refractivity contribution in [1.82, 2.24) is 5.32 Å². The van der Waals surface area contributed by atoms with E-state index < -0.39 is 12.0 Å². The molecule has 22 heavy (non-hydrogen) atoms. The molecule has 0 saturated heterocycles. The third kappa shape index (κ3) is 4.36. The molecule has 1 aromatic carbocycles. The zero-order chi connectivity index (χ0) is 15.9. The second-order valence-electron chi connectivity index (χ2n) is 4.89. The molecule has 0 spiro atoms. The predicted octanol–water partition coefficient (Wildman–Crippen LogP) is 0.606. The molecule has 2 rings (SSSR count). The lowest BCUT2D eigenvalue weighted by atomic mass is 10.1. The Hall–Kier alpha value is -2.28. The Labute approximate surface area is 128 Å². The molecule has 0 fully saturated rings. The minimum Gasteiger partial charge on any atom is -0.486 e. The molecular weight excluding hydrogens is 290 g/mol. The van der Waals surface area contributed by atoms with Crippen LogP contribution in [0.25, 0.3) is 0 Å². The summed E-state index contributed by atoms with van der Waals surface area (Å²) in [6.45, 7) is 1.24. The maximum Gasteiger partial charge on any atom is 0.326 e. The van der Waals surface area contributed by atoms with Crippen molar-refractivity contribution in [2.75, 3.05) is 26.9 Å². The van der Waals surface area contributed by atoms with Crippen LogP contribution in [-0.2, 0) is 20.7 Å². The molecular formula is C15H19NO6. The molecule has 0 aliphatic carbocycles. The van der Waals surface area contributed by atoms with E-state index in [-0.39, 0.29) is 25.4 Å². The summed E-state index contributed by atoms with van der Waals surface area (Å²) in [6, 6.07) is 4.29. The van der Waals surface area contributed by atoms with Crippen molar-refractivity contribution in [3.63, 3.8) is 0 Å². The summed E-state index contributed by atoms with van der Waals surface area (Å²) in [7, 11) is 1.48. The van der Waals surface area contributed by atoms with Crippen LogP contribution >= 0.6 is 0 Å². The minimum absolute atomic E-state index is 0.0768. The van der Waals surface area contributed by atoms with Crippen LogP contribution in [0.4, 0.5) is 0 Å². The van der Waals surface area contributed by atoms with Crippen LogP contribution in [0.3, 0.4) is 0 Å². The summed E-state index contributed by atoms with van der Waals surface area (Å²) < 4.78 is 15.7. The number of amides is 1. The molecule has 120 valence electrons. The normalized spacial score (nSPS) is 14.2. The lowest BCUT2D eigenvalue weighted by Gasteiger charge is -2.19. The molecule has 1 aromatic rings. The van der Waals surface area contributed by atoms with E-state index in [1.54, 1.807) is 18.2 Å². The topological polar surface area (TPSA) is 94.1 Å². The first-order chi connectivity index (χ1) is 10.6. The van der Waals surface area contributed by atoms with Crippen molar-refractivity contribution in [3.05, 3.63) is 23.8 Å². The Morgan fingerprint density at radius 3 is 2.73 bits per heavy atom. The summed E-state index contributed by atoms with van der Waals surface area (Å²) in [5, 5.41) is 11.6. The lowest BCUT2D eigenvalue weighted by molar-refractivity contribution is -0.142. The standard InChI is InChI=1S/C15H19NO6/c1-20-5-4-11(15(18)19)16-14(17)9-10-2-3-12-13(8-10)22-7-6-21-12/h2-3,8,11H,4-7,9H2,1H3,(H,16,17)(H,18,19). The number of nitrogens with one attached hydrogen (secondary N) is 1. The number of ether oxygens (including phenoxy) is 3. The molecule has 1 heterocycles. The van der Waals surface area contributed by atoms with Crippen LogP contribution in [0.1, 0.15) is 12.0 Å². The van der Waals surface area contributed by atoms with Gasteiger partial charge in [0.1, 0.15) is 19.3 Å². The van der Waals surface area contributed by atoms with Gasteiger partial charge in [-0.2, -0.15) is 0 Å². The number of hydrogen-bond acceptors (Lipinski definition) is 5. The minimum atomic E-state index is -1.08. The predicted molar refractivity (Wildman–Crippen MR) is 77.2 cm³/mol. The number of carbonyl (C=O) groups excluding carboxylic acids is 1. The van der Waals surface area contributed by atoms with E-state index in [9.17, 15) is 9.59 Å². The third-order valence-corrected chi connectivity index (χ3v) is 3.22. The molecule has 2 N–H and O–H groups in total. The average Bonchev–Trinajstić information content (AvgIpc) is 2.51. The maximum atomic E-state index is 12.0. The van der Waals surface area contributed by atoms with E-state index in [0.29, 0.717) is 24.7 Å². The van der Waals surface area contributed by atoms with Gasteiger partial charge in [-0.25, -0.2) is 4.79 Å². The molecule has 0 saturated carbocycles. The van der Waals surface area contributed by atoms with Gasteiger partial charge in [-0.3, -0.25) is 4.79 Å². The average molecular weight is 309 g/mol. The second-order valence-corrected chi connectivity index (χ2v) is 4.89. The van der Waals surface area contributed by atoms with Gasteiger partial charge in [-0.05, 0) is 17.7 Å². The Kier molecular flexibility index (Phi) is 5.60. The third-order valence-electron chi connectivity index (χ3n) is 3.22. The molecule has 7 nitrogen and oxygen atoms in total. The number of hydrogen-bond donors (Lipinski definition) is 2. The Morgan fingerprint density at radius 2 is 2.05 bits per heavy atom. The van der Waals surface area contributed by atoms with E-state index in [1.165, 1.54) is 7.11 Å². The maximum absolute atomic E-state index is 12.0.